The van der Waals surface area contributed by atoms with Gasteiger partial charge in [0.25, 0.3) is 0 Å². The van der Waals surface area contributed by atoms with Gasteiger partial charge in [-0.05, 0) is 26.4 Å². The molecular weight excluding hydrogens is 218 g/mol. The Hall–Kier alpha value is -1.42. The first-order valence-corrected chi connectivity index (χ1v) is 5.81. The molecule has 0 aliphatic rings. The van der Waals surface area contributed by atoms with Crippen LogP contribution in [0, 0.1) is 0 Å². The number of nitrogens with zero attached hydrogens (tertiary/aromatic N) is 1. The van der Waals surface area contributed by atoms with Crippen molar-refractivity contribution < 1.29 is 14.3 Å². The lowest BCUT2D eigenvalue weighted by Crippen LogP contribution is -2.23. The maximum Gasteiger partial charge on any atom is 0.340 e. The van der Waals surface area contributed by atoms with Crippen molar-refractivity contribution >= 4 is 11.9 Å². The third-order valence-corrected chi connectivity index (χ3v) is 2.30. The van der Waals surface area contributed by atoms with E-state index in [9.17, 15) is 9.59 Å². The number of carbonyl (C=O) groups is 2. The van der Waals surface area contributed by atoms with Crippen LogP contribution in [0.4, 0.5) is 0 Å². The van der Waals surface area contributed by atoms with Crippen molar-refractivity contribution in [3.8, 4) is 0 Å². The number of rotatable bonds is 7. The van der Waals surface area contributed by atoms with Crippen LogP contribution < -0.4 is 0 Å². The van der Waals surface area contributed by atoms with Gasteiger partial charge in [-0.3, -0.25) is 0 Å². The van der Waals surface area contributed by atoms with Crippen LogP contribution in [0.25, 0.3) is 0 Å². The van der Waals surface area contributed by atoms with Crippen molar-refractivity contribution in [2.45, 2.75) is 27.2 Å². The molecule has 0 saturated carbocycles. The van der Waals surface area contributed by atoms with Gasteiger partial charge in [-0.25, -0.2) is 9.59 Å². The van der Waals surface area contributed by atoms with E-state index in [1.807, 2.05) is 0 Å². The number of ether oxygens (including phenoxy) is 1. The van der Waals surface area contributed by atoms with E-state index in [0.29, 0.717) is 0 Å². The van der Waals surface area contributed by atoms with Gasteiger partial charge in [0.2, 0.25) is 0 Å². The van der Waals surface area contributed by atoms with Gasteiger partial charge in [0.1, 0.15) is 0 Å². The summed E-state index contributed by atoms with van der Waals surface area (Å²) in [7, 11) is 0. The molecule has 96 valence electrons. The van der Waals surface area contributed by atoms with Crippen LogP contribution in [0.5, 0.6) is 0 Å². The van der Waals surface area contributed by atoms with Crippen LogP contribution >= 0.6 is 0 Å². The quantitative estimate of drug-likeness (QED) is 0.387. The molecule has 0 rings (SSSR count). The summed E-state index contributed by atoms with van der Waals surface area (Å²) in [5.41, 5.74) is 0.217. The molecule has 0 unspecified atom stereocenters. The van der Waals surface area contributed by atoms with E-state index >= 15 is 0 Å². The summed E-state index contributed by atoms with van der Waals surface area (Å²) in [6.07, 6.45) is 3.76. The van der Waals surface area contributed by atoms with Crippen LogP contribution in [-0.2, 0) is 14.3 Å². The first kappa shape index (κ1) is 15.6. The van der Waals surface area contributed by atoms with Crippen molar-refractivity contribution in [2.24, 2.45) is 0 Å². The highest BCUT2D eigenvalue weighted by Crippen LogP contribution is 1.95. The summed E-state index contributed by atoms with van der Waals surface area (Å²) in [6.45, 7) is 11.9. The largest absolute Gasteiger partial charge is 0.386 e. The van der Waals surface area contributed by atoms with Gasteiger partial charge in [-0.2, -0.15) is 0 Å². The summed E-state index contributed by atoms with van der Waals surface area (Å²) < 4.78 is 4.49. The monoisotopic (exact) mass is 239 g/mol. The van der Waals surface area contributed by atoms with Gasteiger partial charge in [0, 0.05) is 18.2 Å². The van der Waals surface area contributed by atoms with E-state index in [1.165, 1.54) is 13.0 Å². The zero-order valence-electron chi connectivity index (χ0n) is 10.9. The first-order valence-electron chi connectivity index (χ1n) is 5.81. The SMILES string of the molecule is C=C(C)C(=O)OC(=O)C=CCCN(CC)CC. The second-order valence-electron chi connectivity index (χ2n) is 3.71. The van der Waals surface area contributed by atoms with Gasteiger partial charge < -0.3 is 9.64 Å². The molecule has 4 nitrogen and oxygen atoms in total. The summed E-state index contributed by atoms with van der Waals surface area (Å²) in [5, 5.41) is 0. The lowest BCUT2D eigenvalue weighted by atomic mass is 10.3. The van der Waals surface area contributed by atoms with E-state index in [0.717, 1.165) is 26.1 Å². The molecular formula is C13H21NO3. The standard InChI is InChI=1S/C13H21NO3/c1-5-14(6-2)10-8-7-9-12(15)17-13(16)11(3)4/h7,9H,3,5-6,8,10H2,1-2,4H3. The molecule has 0 bridgehead atoms. The van der Waals surface area contributed by atoms with Crippen LogP contribution in [0.3, 0.4) is 0 Å². The fourth-order valence-corrected chi connectivity index (χ4v) is 1.19. The predicted molar refractivity (Wildman–Crippen MR) is 67.5 cm³/mol. The number of hydrogen-bond acceptors (Lipinski definition) is 4. The molecule has 0 aliphatic carbocycles. The van der Waals surface area contributed by atoms with E-state index < -0.39 is 11.9 Å². The van der Waals surface area contributed by atoms with E-state index in [-0.39, 0.29) is 5.57 Å². The third-order valence-electron chi connectivity index (χ3n) is 2.30. The van der Waals surface area contributed by atoms with Gasteiger partial charge in [0.05, 0.1) is 0 Å². The molecule has 0 spiro atoms. The summed E-state index contributed by atoms with van der Waals surface area (Å²) in [6, 6.07) is 0. The van der Waals surface area contributed by atoms with Crippen molar-refractivity contribution in [2.75, 3.05) is 19.6 Å². The Balaban J connectivity index is 3.89. The highest BCUT2D eigenvalue weighted by Gasteiger charge is 2.07. The molecule has 0 aromatic carbocycles. The van der Waals surface area contributed by atoms with Crippen LogP contribution in [0.1, 0.15) is 27.2 Å². The molecule has 0 aromatic rings. The first-order chi connectivity index (χ1) is 8.01. The molecule has 0 amide bonds. The van der Waals surface area contributed by atoms with Gasteiger partial charge >= 0.3 is 11.9 Å². The predicted octanol–water partition coefficient (Wildman–Crippen LogP) is 1.92. The Bertz CT molecular complexity index is 304. The highest BCUT2D eigenvalue weighted by atomic mass is 16.6. The molecule has 0 fully saturated rings. The molecule has 0 saturated heterocycles. The zero-order chi connectivity index (χ0) is 13.3. The lowest BCUT2D eigenvalue weighted by Gasteiger charge is -2.16. The maximum atomic E-state index is 11.2. The second kappa shape index (κ2) is 8.70. The Morgan fingerprint density at radius 2 is 1.88 bits per heavy atom. The van der Waals surface area contributed by atoms with E-state index in [4.69, 9.17) is 0 Å². The van der Waals surface area contributed by atoms with Crippen molar-refractivity contribution in [1.29, 1.82) is 0 Å². The maximum absolute atomic E-state index is 11.2. The van der Waals surface area contributed by atoms with Crippen molar-refractivity contribution in [3.05, 3.63) is 24.3 Å². The summed E-state index contributed by atoms with van der Waals surface area (Å²) in [5.74, 6) is -1.32. The fourth-order valence-electron chi connectivity index (χ4n) is 1.19. The van der Waals surface area contributed by atoms with Crippen molar-refractivity contribution in [1.82, 2.24) is 4.90 Å². The Morgan fingerprint density at radius 1 is 1.29 bits per heavy atom. The van der Waals surface area contributed by atoms with Crippen LogP contribution in [0.2, 0.25) is 0 Å². The van der Waals surface area contributed by atoms with Crippen molar-refractivity contribution in [3.63, 3.8) is 0 Å². The van der Waals surface area contributed by atoms with Gasteiger partial charge in [-0.15, -0.1) is 0 Å². The fraction of sp³-hybridized carbons (Fsp3) is 0.538. The topological polar surface area (TPSA) is 46.6 Å². The summed E-state index contributed by atoms with van der Waals surface area (Å²) in [4.78, 5) is 24.4. The molecule has 0 aromatic heterocycles. The molecule has 0 heterocycles. The highest BCUT2D eigenvalue weighted by molar-refractivity contribution is 5.98. The molecule has 4 heteroatoms. The van der Waals surface area contributed by atoms with Gasteiger partial charge in [0.15, 0.2) is 0 Å². The minimum absolute atomic E-state index is 0.217. The average Bonchev–Trinajstić information content (AvgIpc) is 2.29. The molecule has 0 N–H and O–H groups in total. The molecule has 0 aliphatic heterocycles. The smallest absolute Gasteiger partial charge is 0.340 e. The second-order valence-corrected chi connectivity index (χ2v) is 3.71. The Labute approximate surface area is 103 Å². The molecule has 0 atom stereocenters. The molecule has 17 heavy (non-hydrogen) atoms. The Morgan fingerprint density at radius 3 is 2.35 bits per heavy atom. The number of esters is 2. The lowest BCUT2D eigenvalue weighted by molar-refractivity contribution is -0.153. The Kier molecular flexibility index (Phi) is 7.97. The summed E-state index contributed by atoms with van der Waals surface area (Å²) >= 11 is 0. The van der Waals surface area contributed by atoms with Crippen LogP contribution in [-0.4, -0.2) is 36.5 Å². The minimum Gasteiger partial charge on any atom is -0.386 e. The third kappa shape index (κ3) is 7.47. The zero-order valence-corrected chi connectivity index (χ0v) is 10.9. The van der Waals surface area contributed by atoms with E-state index in [1.54, 1.807) is 6.08 Å². The number of hydrogen-bond donors (Lipinski definition) is 0. The number of carbonyl (C=O) groups excluding carboxylic acids is 2. The average molecular weight is 239 g/mol. The minimum atomic E-state index is -0.677. The van der Waals surface area contributed by atoms with E-state index in [2.05, 4.69) is 30.1 Å². The normalized spacial score (nSPS) is 10.8. The van der Waals surface area contributed by atoms with Gasteiger partial charge in [-0.1, -0.05) is 26.5 Å². The van der Waals surface area contributed by atoms with Crippen LogP contribution in [0.15, 0.2) is 24.3 Å². The molecule has 0 radical (unpaired) electrons.